The Bertz CT molecular complexity index is 486. The number of aliphatic hydroxyl groups is 1. The molecular weight excluding hydrogens is 244 g/mol. The normalized spacial score (nSPS) is 18.8. The molecule has 1 saturated carbocycles. The zero-order chi connectivity index (χ0) is 13.2. The van der Waals surface area contributed by atoms with Gasteiger partial charge in [0.15, 0.2) is 5.75 Å². The molecule has 1 atom stereocenters. The van der Waals surface area contributed by atoms with Crippen molar-refractivity contribution in [2.75, 3.05) is 25.0 Å². The molecule has 0 bridgehead atoms. The van der Waals surface area contributed by atoms with E-state index in [4.69, 9.17) is 4.74 Å². The Hall–Kier alpha value is -1.75. The molecule has 1 aliphatic carbocycles. The van der Waals surface area contributed by atoms with Crippen LogP contribution in [0.4, 0.5) is 5.69 Å². The lowest BCUT2D eigenvalue weighted by Gasteiger charge is -2.21. The minimum atomic E-state index is -0.428. The zero-order valence-corrected chi connectivity index (χ0v) is 10.7. The molecule has 0 saturated heterocycles. The number of hydrogen-bond donors (Lipinski definition) is 3. The summed E-state index contributed by atoms with van der Waals surface area (Å²) in [7, 11) is 0. The van der Waals surface area contributed by atoms with Crippen molar-refractivity contribution in [2.24, 2.45) is 5.92 Å². The summed E-state index contributed by atoms with van der Waals surface area (Å²) >= 11 is 0. The molecular formula is C14H18N2O3. The molecule has 2 aliphatic rings. The molecule has 5 nitrogen and oxygen atoms in total. The largest absolute Gasteiger partial charge is 0.489 e. The highest BCUT2D eigenvalue weighted by atomic mass is 16.5. The van der Waals surface area contributed by atoms with Crippen LogP contribution in [0.5, 0.6) is 5.75 Å². The zero-order valence-electron chi connectivity index (χ0n) is 10.7. The van der Waals surface area contributed by atoms with Crippen LogP contribution in [0.3, 0.4) is 0 Å². The van der Waals surface area contributed by atoms with Crippen molar-refractivity contribution >= 4 is 11.6 Å². The molecule has 1 amide bonds. The van der Waals surface area contributed by atoms with Crippen LogP contribution in [-0.2, 0) is 0 Å². The summed E-state index contributed by atoms with van der Waals surface area (Å²) < 4.78 is 5.56. The molecule has 0 spiro atoms. The van der Waals surface area contributed by atoms with Gasteiger partial charge in [-0.15, -0.1) is 0 Å². The number of amides is 1. The van der Waals surface area contributed by atoms with E-state index in [9.17, 15) is 9.90 Å². The van der Waals surface area contributed by atoms with Crippen LogP contribution in [-0.4, -0.2) is 36.8 Å². The van der Waals surface area contributed by atoms with Crippen LogP contribution in [0, 0.1) is 5.92 Å². The van der Waals surface area contributed by atoms with Gasteiger partial charge in [-0.05, 0) is 30.9 Å². The van der Waals surface area contributed by atoms with Crippen molar-refractivity contribution in [3.05, 3.63) is 23.8 Å². The molecule has 1 heterocycles. The lowest BCUT2D eigenvalue weighted by Crippen LogP contribution is -2.33. The number of para-hydroxylation sites is 1. The summed E-state index contributed by atoms with van der Waals surface area (Å²) in [5.74, 6) is 0.773. The number of hydrogen-bond acceptors (Lipinski definition) is 4. The van der Waals surface area contributed by atoms with Crippen LogP contribution >= 0.6 is 0 Å². The number of fused-ring (bicyclic) bond motifs is 1. The van der Waals surface area contributed by atoms with Crippen molar-refractivity contribution in [3.63, 3.8) is 0 Å². The number of benzene rings is 1. The van der Waals surface area contributed by atoms with E-state index < -0.39 is 6.10 Å². The maximum Gasteiger partial charge on any atom is 0.255 e. The average molecular weight is 262 g/mol. The van der Waals surface area contributed by atoms with Gasteiger partial charge < -0.3 is 20.5 Å². The predicted molar refractivity (Wildman–Crippen MR) is 71.5 cm³/mol. The first-order chi connectivity index (χ1) is 9.25. The fourth-order valence-electron chi connectivity index (χ4n) is 2.29. The van der Waals surface area contributed by atoms with Crippen molar-refractivity contribution in [3.8, 4) is 5.75 Å². The third-order valence-electron chi connectivity index (χ3n) is 3.56. The van der Waals surface area contributed by atoms with Crippen molar-refractivity contribution in [2.45, 2.75) is 18.9 Å². The quantitative estimate of drug-likeness (QED) is 0.757. The Morgan fingerprint density at radius 3 is 3.16 bits per heavy atom. The van der Waals surface area contributed by atoms with Crippen LogP contribution < -0.4 is 15.4 Å². The number of nitrogens with one attached hydrogen (secondary N) is 2. The maximum atomic E-state index is 12.1. The number of ether oxygens (including phenoxy) is 1. The van der Waals surface area contributed by atoms with E-state index in [1.54, 1.807) is 6.07 Å². The number of aliphatic hydroxyl groups excluding tert-OH is 1. The Kier molecular flexibility index (Phi) is 3.29. The van der Waals surface area contributed by atoms with Gasteiger partial charge in [0.1, 0.15) is 6.61 Å². The second kappa shape index (κ2) is 5.09. The Morgan fingerprint density at radius 2 is 2.37 bits per heavy atom. The number of carbonyl (C=O) groups is 1. The van der Waals surface area contributed by atoms with E-state index in [0.717, 1.165) is 25.1 Å². The minimum absolute atomic E-state index is 0.194. The van der Waals surface area contributed by atoms with Gasteiger partial charge in [0.2, 0.25) is 0 Å². The molecule has 1 fully saturated rings. The highest BCUT2D eigenvalue weighted by molar-refractivity contribution is 5.99. The smallest absolute Gasteiger partial charge is 0.255 e. The fourth-order valence-corrected chi connectivity index (χ4v) is 2.29. The van der Waals surface area contributed by atoms with E-state index in [0.29, 0.717) is 30.4 Å². The SMILES string of the molecule is O=C(NCC(O)C1CC1)c1cccc2c1OCCN2. The Morgan fingerprint density at radius 1 is 1.53 bits per heavy atom. The molecule has 0 aromatic heterocycles. The summed E-state index contributed by atoms with van der Waals surface area (Å²) in [4.78, 5) is 12.1. The fraction of sp³-hybridized carbons (Fsp3) is 0.500. The molecule has 1 aliphatic heterocycles. The van der Waals surface area contributed by atoms with Gasteiger partial charge in [0.25, 0.3) is 5.91 Å². The molecule has 19 heavy (non-hydrogen) atoms. The van der Waals surface area contributed by atoms with E-state index >= 15 is 0 Å². The molecule has 102 valence electrons. The van der Waals surface area contributed by atoms with Gasteiger partial charge in [0, 0.05) is 13.1 Å². The van der Waals surface area contributed by atoms with E-state index in [1.807, 2.05) is 12.1 Å². The van der Waals surface area contributed by atoms with Crippen LogP contribution in [0.25, 0.3) is 0 Å². The molecule has 0 radical (unpaired) electrons. The number of anilines is 1. The van der Waals surface area contributed by atoms with Crippen molar-refractivity contribution < 1.29 is 14.6 Å². The lowest BCUT2D eigenvalue weighted by molar-refractivity contribution is 0.0897. The van der Waals surface area contributed by atoms with Gasteiger partial charge in [-0.3, -0.25) is 4.79 Å². The van der Waals surface area contributed by atoms with Gasteiger partial charge in [-0.2, -0.15) is 0 Å². The van der Waals surface area contributed by atoms with Gasteiger partial charge >= 0.3 is 0 Å². The predicted octanol–water partition coefficient (Wildman–Crippen LogP) is 0.992. The monoisotopic (exact) mass is 262 g/mol. The molecule has 3 N–H and O–H groups in total. The van der Waals surface area contributed by atoms with E-state index in [1.165, 1.54) is 0 Å². The summed E-state index contributed by atoms with van der Waals surface area (Å²) in [6.07, 6.45) is 1.69. The summed E-state index contributed by atoms with van der Waals surface area (Å²) in [5, 5.41) is 15.7. The van der Waals surface area contributed by atoms with Gasteiger partial charge in [0.05, 0.1) is 17.4 Å². The molecule has 1 aromatic rings. The standard InChI is InChI=1S/C14H18N2O3/c17-12(9-4-5-9)8-16-14(18)10-2-1-3-11-13(10)19-7-6-15-11/h1-3,9,12,15,17H,4-8H2,(H,16,18). The third kappa shape index (κ3) is 2.66. The number of rotatable bonds is 4. The third-order valence-corrected chi connectivity index (χ3v) is 3.56. The topological polar surface area (TPSA) is 70.6 Å². The summed E-state index contributed by atoms with van der Waals surface area (Å²) in [6.45, 7) is 1.61. The van der Waals surface area contributed by atoms with Crippen molar-refractivity contribution in [1.29, 1.82) is 0 Å². The second-order valence-corrected chi connectivity index (χ2v) is 5.07. The highest BCUT2D eigenvalue weighted by Crippen LogP contribution is 2.33. The first-order valence-electron chi connectivity index (χ1n) is 6.71. The maximum absolute atomic E-state index is 12.1. The molecule has 1 aromatic carbocycles. The van der Waals surface area contributed by atoms with Crippen LogP contribution in [0.1, 0.15) is 23.2 Å². The first-order valence-corrected chi connectivity index (χ1v) is 6.71. The van der Waals surface area contributed by atoms with Crippen molar-refractivity contribution in [1.82, 2.24) is 5.32 Å². The summed E-state index contributed by atoms with van der Waals surface area (Å²) in [6, 6.07) is 5.46. The van der Waals surface area contributed by atoms with Gasteiger partial charge in [-0.1, -0.05) is 6.07 Å². The van der Waals surface area contributed by atoms with Gasteiger partial charge in [-0.25, -0.2) is 0 Å². The van der Waals surface area contributed by atoms with Crippen LogP contribution in [0.2, 0.25) is 0 Å². The summed E-state index contributed by atoms with van der Waals surface area (Å²) in [5.41, 5.74) is 1.37. The molecule has 5 heteroatoms. The van der Waals surface area contributed by atoms with Crippen LogP contribution in [0.15, 0.2) is 18.2 Å². The second-order valence-electron chi connectivity index (χ2n) is 5.07. The lowest BCUT2D eigenvalue weighted by atomic mass is 10.1. The minimum Gasteiger partial charge on any atom is -0.489 e. The van der Waals surface area contributed by atoms with E-state index in [-0.39, 0.29) is 5.91 Å². The Labute approximate surface area is 112 Å². The average Bonchev–Trinajstić information content (AvgIpc) is 3.28. The first kappa shape index (κ1) is 12.3. The highest BCUT2D eigenvalue weighted by Gasteiger charge is 2.30. The Balaban J connectivity index is 1.68. The van der Waals surface area contributed by atoms with E-state index in [2.05, 4.69) is 10.6 Å². The molecule has 1 unspecified atom stereocenters. The molecule has 3 rings (SSSR count). The number of carbonyl (C=O) groups excluding carboxylic acids is 1.